The number of fused-ring (bicyclic) bond motifs is 1. The molecular formula is C16H19N3O2. The number of rotatable bonds is 3. The van der Waals surface area contributed by atoms with Crippen molar-refractivity contribution in [1.82, 2.24) is 14.6 Å². The van der Waals surface area contributed by atoms with Gasteiger partial charge in [-0.25, -0.2) is 0 Å². The second kappa shape index (κ2) is 5.99. The number of piperidine rings is 1. The molecule has 5 heteroatoms. The van der Waals surface area contributed by atoms with Crippen LogP contribution in [0.5, 0.6) is 0 Å². The maximum Gasteiger partial charge on any atom is 0.253 e. The molecule has 5 nitrogen and oxygen atoms in total. The van der Waals surface area contributed by atoms with E-state index in [0.29, 0.717) is 5.56 Å². The lowest BCUT2D eigenvalue weighted by Gasteiger charge is -2.26. The Morgan fingerprint density at radius 1 is 1.14 bits per heavy atom. The Labute approximate surface area is 123 Å². The predicted molar refractivity (Wildman–Crippen MR) is 80.2 cm³/mol. The lowest BCUT2D eigenvalue weighted by atomic mass is 10.1. The fourth-order valence-corrected chi connectivity index (χ4v) is 2.69. The minimum atomic E-state index is -0.205. The predicted octanol–water partition coefficient (Wildman–Crippen LogP) is 1.68. The van der Waals surface area contributed by atoms with Crippen LogP contribution in [0.2, 0.25) is 0 Å². The summed E-state index contributed by atoms with van der Waals surface area (Å²) in [5.41, 5.74) is 1.54. The molecule has 0 unspecified atom stereocenters. The first-order chi connectivity index (χ1) is 10.2. The summed E-state index contributed by atoms with van der Waals surface area (Å²) in [6.07, 6.45) is 6.98. The van der Waals surface area contributed by atoms with Crippen LogP contribution in [-0.2, 0) is 4.79 Å². The van der Waals surface area contributed by atoms with Crippen molar-refractivity contribution in [3.05, 3.63) is 42.2 Å². The molecule has 0 radical (unpaired) electrons. The fourth-order valence-electron chi connectivity index (χ4n) is 2.69. The summed E-state index contributed by atoms with van der Waals surface area (Å²) in [6.45, 7) is 1.70. The number of nitrogens with zero attached hydrogens (tertiary/aromatic N) is 2. The Morgan fingerprint density at radius 2 is 1.95 bits per heavy atom. The highest BCUT2D eigenvalue weighted by molar-refractivity contribution is 5.97. The number of carbonyl (C=O) groups is 2. The number of pyridine rings is 1. The lowest BCUT2D eigenvalue weighted by molar-refractivity contribution is -0.130. The highest BCUT2D eigenvalue weighted by Gasteiger charge is 2.17. The van der Waals surface area contributed by atoms with Crippen LogP contribution in [0, 0.1) is 0 Å². The number of amides is 2. The molecule has 1 N–H and O–H groups in total. The zero-order valence-electron chi connectivity index (χ0n) is 11.9. The van der Waals surface area contributed by atoms with Gasteiger partial charge in [0.1, 0.15) is 0 Å². The van der Waals surface area contributed by atoms with Crippen molar-refractivity contribution < 1.29 is 9.59 Å². The van der Waals surface area contributed by atoms with Crippen molar-refractivity contribution >= 4 is 17.3 Å². The van der Waals surface area contributed by atoms with E-state index in [1.807, 2.05) is 39.8 Å². The molecule has 0 saturated carbocycles. The largest absolute Gasteiger partial charge is 0.343 e. The molecule has 110 valence electrons. The number of likely N-dealkylation sites (tertiary alicyclic amines) is 1. The summed E-state index contributed by atoms with van der Waals surface area (Å²) in [7, 11) is 0. The van der Waals surface area contributed by atoms with Gasteiger partial charge >= 0.3 is 0 Å². The molecule has 3 rings (SSSR count). The van der Waals surface area contributed by atoms with E-state index < -0.39 is 0 Å². The standard InChI is InChI=1S/C16H19N3O2/c20-15(18-7-3-1-4-8-18)11-17-16(21)13-10-14-6-2-5-9-19(14)12-13/h2,5-6,9-10,12H,1,3-4,7-8,11H2,(H,17,21). The van der Waals surface area contributed by atoms with E-state index in [-0.39, 0.29) is 18.4 Å². The Balaban J connectivity index is 1.59. The van der Waals surface area contributed by atoms with Gasteiger partial charge in [0.05, 0.1) is 12.1 Å². The molecule has 2 aromatic heterocycles. The average molecular weight is 285 g/mol. The van der Waals surface area contributed by atoms with Gasteiger partial charge in [-0.15, -0.1) is 0 Å². The minimum Gasteiger partial charge on any atom is -0.343 e. The molecule has 2 amide bonds. The van der Waals surface area contributed by atoms with Gasteiger partial charge in [-0.05, 0) is 37.5 Å². The zero-order chi connectivity index (χ0) is 14.7. The Hall–Kier alpha value is -2.30. The first kappa shape index (κ1) is 13.7. The summed E-state index contributed by atoms with van der Waals surface area (Å²) < 4.78 is 1.89. The normalized spacial score (nSPS) is 15.1. The van der Waals surface area contributed by atoms with E-state index in [0.717, 1.165) is 31.4 Å². The fraction of sp³-hybridized carbons (Fsp3) is 0.375. The van der Waals surface area contributed by atoms with Crippen molar-refractivity contribution in [2.24, 2.45) is 0 Å². The monoisotopic (exact) mass is 285 g/mol. The van der Waals surface area contributed by atoms with Gasteiger partial charge in [0.15, 0.2) is 0 Å². The van der Waals surface area contributed by atoms with Crippen LogP contribution in [0.1, 0.15) is 29.6 Å². The lowest BCUT2D eigenvalue weighted by Crippen LogP contribution is -2.42. The Kier molecular flexibility index (Phi) is 3.90. The zero-order valence-corrected chi connectivity index (χ0v) is 11.9. The Morgan fingerprint density at radius 3 is 2.71 bits per heavy atom. The minimum absolute atomic E-state index is 0.00631. The van der Waals surface area contributed by atoms with Crippen LogP contribution in [-0.4, -0.2) is 40.7 Å². The van der Waals surface area contributed by atoms with E-state index >= 15 is 0 Å². The molecule has 1 aliphatic rings. The molecule has 0 aromatic carbocycles. The smallest absolute Gasteiger partial charge is 0.253 e. The van der Waals surface area contributed by atoms with Gasteiger partial charge in [0.2, 0.25) is 5.91 Å². The maximum absolute atomic E-state index is 12.1. The van der Waals surface area contributed by atoms with E-state index in [2.05, 4.69) is 5.32 Å². The molecule has 0 aliphatic carbocycles. The summed E-state index contributed by atoms with van der Waals surface area (Å²) in [5.74, 6) is -0.198. The maximum atomic E-state index is 12.1. The Bertz CT molecular complexity index is 623. The first-order valence-electron chi connectivity index (χ1n) is 7.37. The topological polar surface area (TPSA) is 53.8 Å². The second-order valence-corrected chi connectivity index (χ2v) is 5.39. The quantitative estimate of drug-likeness (QED) is 0.933. The van der Waals surface area contributed by atoms with Gasteiger partial charge < -0.3 is 14.6 Å². The third-order valence-electron chi connectivity index (χ3n) is 3.88. The number of carbonyl (C=O) groups excluding carboxylic acids is 2. The van der Waals surface area contributed by atoms with Crippen molar-refractivity contribution in [3.8, 4) is 0 Å². The van der Waals surface area contributed by atoms with Gasteiger partial charge in [0, 0.05) is 31.0 Å². The summed E-state index contributed by atoms with van der Waals surface area (Å²) in [4.78, 5) is 26.0. The van der Waals surface area contributed by atoms with Gasteiger partial charge in [-0.2, -0.15) is 0 Å². The highest BCUT2D eigenvalue weighted by Crippen LogP contribution is 2.10. The third-order valence-corrected chi connectivity index (χ3v) is 3.88. The molecule has 1 saturated heterocycles. The van der Waals surface area contributed by atoms with Crippen molar-refractivity contribution in [2.45, 2.75) is 19.3 Å². The summed E-state index contributed by atoms with van der Waals surface area (Å²) in [6, 6.07) is 7.60. The first-order valence-corrected chi connectivity index (χ1v) is 7.37. The molecule has 1 aliphatic heterocycles. The molecule has 2 aromatic rings. The molecule has 0 spiro atoms. The molecule has 21 heavy (non-hydrogen) atoms. The van der Waals surface area contributed by atoms with Crippen LogP contribution >= 0.6 is 0 Å². The SMILES string of the molecule is O=C(NCC(=O)N1CCCCC1)c1cc2ccccn2c1. The van der Waals surface area contributed by atoms with E-state index in [1.165, 1.54) is 6.42 Å². The molecule has 1 fully saturated rings. The van der Waals surface area contributed by atoms with Crippen LogP contribution < -0.4 is 5.32 Å². The van der Waals surface area contributed by atoms with Crippen molar-refractivity contribution in [1.29, 1.82) is 0 Å². The van der Waals surface area contributed by atoms with Gasteiger partial charge in [-0.3, -0.25) is 9.59 Å². The van der Waals surface area contributed by atoms with Crippen LogP contribution in [0.3, 0.4) is 0 Å². The number of hydrogen-bond donors (Lipinski definition) is 1. The van der Waals surface area contributed by atoms with Crippen LogP contribution in [0.4, 0.5) is 0 Å². The average Bonchev–Trinajstić information content (AvgIpc) is 2.97. The third kappa shape index (κ3) is 3.07. The number of nitrogens with one attached hydrogen (secondary N) is 1. The van der Waals surface area contributed by atoms with Crippen molar-refractivity contribution in [2.75, 3.05) is 19.6 Å². The van der Waals surface area contributed by atoms with Crippen LogP contribution in [0.25, 0.3) is 5.52 Å². The van der Waals surface area contributed by atoms with E-state index in [4.69, 9.17) is 0 Å². The summed E-state index contributed by atoms with van der Waals surface area (Å²) in [5, 5.41) is 2.71. The van der Waals surface area contributed by atoms with Crippen LogP contribution in [0.15, 0.2) is 36.7 Å². The molecular weight excluding hydrogens is 266 g/mol. The van der Waals surface area contributed by atoms with E-state index in [1.54, 1.807) is 6.20 Å². The molecule has 0 atom stereocenters. The second-order valence-electron chi connectivity index (χ2n) is 5.39. The van der Waals surface area contributed by atoms with Gasteiger partial charge in [0.25, 0.3) is 5.91 Å². The highest BCUT2D eigenvalue weighted by atomic mass is 16.2. The van der Waals surface area contributed by atoms with Crippen molar-refractivity contribution in [3.63, 3.8) is 0 Å². The molecule has 0 bridgehead atoms. The van der Waals surface area contributed by atoms with Gasteiger partial charge in [-0.1, -0.05) is 6.07 Å². The van der Waals surface area contributed by atoms with E-state index in [9.17, 15) is 9.59 Å². The molecule has 3 heterocycles. The number of hydrogen-bond acceptors (Lipinski definition) is 2. The number of aromatic nitrogens is 1. The summed E-state index contributed by atoms with van der Waals surface area (Å²) >= 11 is 0.